The van der Waals surface area contributed by atoms with Crippen molar-refractivity contribution in [2.24, 2.45) is 10.8 Å². The molecule has 1 aromatic rings. The van der Waals surface area contributed by atoms with Crippen LogP contribution in [0.3, 0.4) is 0 Å². The highest BCUT2D eigenvalue weighted by Gasteiger charge is 2.37. The molecule has 1 saturated heterocycles. The topological polar surface area (TPSA) is 88.2 Å². The molecule has 2 amide bonds. The maximum Gasteiger partial charge on any atom is 0.270 e. The molecule has 23 heavy (non-hydrogen) atoms. The van der Waals surface area contributed by atoms with Gasteiger partial charge in [0.1, 0.15) is 11.8 Å². The number of benzene rings is 1. The van der Waals surface area contributed by atoms with E-state index in [1.165, 1.54) is 0 Å². The molecule has 1 aromatic carbocycles. The number of hydrogen-bond donors (Lipinski definition) is 1. The van der Waals surface area contributed by atoms with Gasteiger partial charge in [0.15, 0.2) is 0 Å². The smallest absolute Gasteiger partial charge is 0.270 e. The first-order valence-electron chi connectivity index (χ1n) is 7.68. The maximum atomic E-state index is 12.7. The Morgan fingerprint density at radius 3 is 2.70 bits per heavy atom. The minimum absolute atomic E-state index is 0.00636. The highest BCUT2D eigenvalue weighted by molar-refractivity contribution is 6.40. The van der Waals surface area contributed by atoms with E-state index in [0.717, 1.165) is 5.69 Å². The van der Waals surface area contributed by atoms with E-state index >= 15 is 0 Å². The zero-order valence-electron chi connectivity index (χ0n) is 13.0. The predicted octanol–water partition coefficient (Wildman–Crippen LogP) is 0.354. The quantitative estimate of drug-likeness (QED) is 0.872. The summed E-state index contributed by atoms with van der Waals surface area (Å²) in [7, 11) is 0. The van der Waals surface area contributed by atoms with Crippen LogP contribution in [0.2, 0.25) is 0 Å². The Labute approximate surface area is 134 Å². The largest absolute Gasteiger partial charge is 0.375 e. The number of anilines is 1. The van der Waals surface area contributed by atoms with Crippen LogP contribution >= 0.6 is 0 Å². The van der Waals surface area contributed by atoms with Crippen LogP contribution in [0.5, 0.6) is 0 Å². The van der Waals surface area contributed by atoms with Gasteiger partial charge in [-0.05, 0) is 19.1 Å². The van der Waals surface area contributed by atoms with Crippen LogP contribution in [-0.4, -0.2) is 54.3 Å². The van der Waals surface area contributed by atoms with Crippen LogP contribution in [-0.2, 0) is 14.3 Å². The molecule has 1 fully saturated rings. The summed E-state index contributed by atoms with van der Waals surface area (Å²) in [5.74, 6) is -0.638. The molecule has 2 aliphatic rings. The molecule has 0 saturated carbocycles. The molecule has 0 aliphatic carbocycles. The molecule has 0 unspecified atom stereocenters. The van der Waals surface area contributed by atoms with Crippen molar-refractivity contribution >= 4 is 23.2 Å². The second-order valence-electron chi connectivity index (χ2n) is 5.78. The fourth-order valence-corrected chi connectivity index (χ4v) is 2.87. The van der Waals surface area contributed by atoms with Crippen molar-refractivity contribution in [1.29, 1.82) is 0 Å². The monoisotopic (exact) mass is 316 g/mol. The van der Waals surface area contributed by atoms with E-state index in [-0.39, 0.29) is 18.4 Å². The second kappa shape index (κ2) is 6.37. The Hall–Kier alpha value is -2.41. The van der Waals surface area contributed by atoms with Gasteiger partial charge in [-0.3, -0.25) is 14.6 Å². The highest BCUT2D eigenvalue weighted by atomic mass is 16.5. The van der Waals surface area contributed by atoms with E-state index in [1.54, 1.807) is 9.91 Å². The van der Waals surface area contributed by atoms with Gasteiger partial charge >= 0.3 is 0 Å². The van der Waals surface area contributed by atoms with Crippen LogP contribution < -0.4 is 10.7 Å². The molecule has 122 valence electrons. The highest BCUT2D eigenvalue weighted by Crippen LogP contribution is 2.25. The van der Waals surface area contributed by atoms with Gasteiger partial charge in [-0.1, -0.05) is 18.2 Å². The third-order valence-corrected chi connectivity index (χ3v) is 4.03. The van der Waals surface area contributed by atoms with Gasteiger partial charge in [-0.25, -0.2) is 0 Å². The van der Waals surface area contributed by atoms with Gasteiger partial charge in [0, 0.05) is 19.5 Å². The first kappa shape index (κ1) is 15.5. The number of carbonyl (C=O) groups excluding carboxylic acids is 2. The SMILES string of the molecule is C[C@@H]1CN(C(=O)C2=NN(c3ccccc3)[C@H](C(N)=O)C2)CCO1. The lowest BCUT2D eigenvalue weighted by molar-refractivity contribution is -0.130. The number of nitrogens with zero attached hydrogens (tertiary/aromatic N) is 3. The van der Waals surface area contributed by atoms with Crippen molar-refractivity contribution in [3.05, 3.63) is 30.3 Å². The summed E-state index contributed by atoms with van der Waals surface area (Å²) < 4.78 is 5.45. The van der Waals surface area contributed by atoms with Crippen molar-refractivity contribution in [3.8, 4) is 0 Å². The van der Waals surface area contributed by atoms with Gasteiger partial charge in [0.05, 0.1) is 18.4 Å². The summed E-state index contributed by atoms with van der Waals surface area (Å²) >= 11 is 0. The summed E-state index contributed by atoms with van der Waals surface area (Å²) in [5, 5.41) is 5.92. The third kappa shape index (κ3) is 3.19. The molecule has 2 aliphatic heterocycles. The third-order valence-electron chi connectivity index (χ3n) is 4.03. The Balaban J connectivity index is 1.82. The average molecular weight is 316 g/mol. The summed E-state index contributed by atoms with van der Waals surface area (Å²) in [6, 6.07) is 8.63. The number of amides is 2. The van der Waals surface area contributed by atoms with Crippen molar-refractivity contribution in [1.82, 2.24) is 4.90 Å². The Kier molecular flexibility index (Phi) is 4.29. The second-order valence-corrected chi connectivity index (χ2v) is 5.78. The Morgan fingerprint density at radius 2 is 2.04 bits per heavy atom. The molecular formula is C16H20N4O3. The van der Waals surface area contributed by atoms with Gasteiger partial charge in [0.2, 0.25) is 5.91 Å². The van der Waals surface area contributed by atoms with E-state index in [2.05, 4.69) is 5.10 Å². The molecule has 7 heteroatoms. The molecule has 2 heterocycles. The average Bonchev–Trinajstić information content (AvgIpc) is 3.00. The van der Waals surface area contributed by atoms with E-state index in [1.807, 2.05) is 37.3 Å². The number of hydrogen-bond acceptors (Lipinski definition) is 5. The summed E-state index contributed by atoms with van der Waals surface area (Å²) in [4.78, 5) is 26.1. The molecule has 7 nitrogen and oxygen atoms in total. The van der Waals surface area contributed by atoms with Gasteiger partial charge in [-0.2, -0.15) is 5.10 Å². The van der Waals surface area contributed by atoms with Crippen molar-refractivity contribution in [3.63, 3.8) is 0 Å². The lowest BCUT2D eigenvalue weighted by Gasteiger charge is -2.30. The minimum Gasteiger partial charge on any atom is -0.375 e. The van der Waals surface area contributed by atoms with Crippen molar-refractivity contribution in [2.45, 2.75) is 25.5 Å². The number of morpholine rings is 1. The first-order valence-corrected chi connectivity index (χ1v) is 7.68. The lowest BCUT2D eigenvalue weighted by atomic mass is 10.1. The summed E-state index contributed by atoms with van der Waals surface area (Å²) in [6.45, 7) is 3.51. The molecule has 0 aromatic heterocycles. The molecule has 0 spiro atoms. The molecule has 2 atom stereocenters. The molecule has 3 rings (SSSR count). The fraction of sp³-hybridized carbons (Fsp3) is 0.438. The Bertz CT molecular complexity index is 631. The van der Waals surface area contributed by atoms with Crippen molar-refractivity contribution in [2.75, 3.05) is 24.7 Å². The molecule has 0 bridgehead atoms. The predicted molar refractivity (Wildman–Crippen MR) is 85.9 cm³/mol. The van der Waals surface area contributed by atoms with Crippen LogP contribution in [0.25, 0.3) is 0 Å². The first-order chi connectivity index (χ1) is 11.1. The molecule has 2 N–H and O–H groups in total. The number of para-hydroxylation sites is 1. The number of hydrazone groups is 1. The van der Waals surface area contributed by atoms with Gasteiger partial charge in [0.25, 0.3) is 5.91 Å². The fourth-order valence-electron chi connectivity index (χ4n) is 2.87. The van der Waals surface area contributed by atoms with E-state index in [9.17, 15) is 9.59 Å². The van der Waals surface area contributed by atoms with Crippen LogP contribution in [0, 0.1) is 0 Å². The lowest BCUT2D eigenvalue weighted by Crippen LogP contribution is -2.47. The van der Waals surface area contributed by atoms with E-state index in [0.29, 0.717) is 25.4 Å². The standard InChI is InChI=1S/C16H20N4O3/c1-11-10-19(7-8-23-11)16(22)13-9-14(15(17)21)20(18-13)12-5-3-2-4-6-12/h2-6,11,14H,7-10H2,1H3,(H2,17,21)/t11-,14+/m1/s1. The number of carbonyl (C=O) groups is 2. The summed E-state index contributed by atoms with van der Waals surface area (Å²) in [5.41, 5.74) is 6.60. The summed E-state index contributed by atoms with van der Waals surface area (Å²) in [6.07, 6.45) is 0.237. The number of ether oxygens (including phenoxy) is 1. The zero-order chi connectivity index (χ0) is 16.4. The number of rotatable bonds is 3. The molecule has 0 radical (unpaired) electrons. The number of primary amides is 1. The van der Waals surface area contributed by atoms with Gasteiger partial charge < -0.3 is 15.4 Å². The van der Waals surface area contributed by atoms with Crippen LogP contribution in [0.4, 0.5) is 5.69 Å². The minimum atomic E-state index is -0.630. The zero-order valence-corrected chi connectivity index (χ0v) is 13.0. The van der Waals surface area contributed by atoms with Crippen molar-refractivity contribution < 1.29 is 14.3 Å². The normalized spacial score (nSPS) is 24.5. The Morgan fingerprint density at radius 1 is 1.30 bits per heavy atom. The van der Waals surface area contributed by atoms with E-state index in [4.69, 9.17) is 10.5 Å². The van der Waals surface area contributed by atoms with Crippen LogP contribution in [0.1, 0.15) is 13.3 Å². The van der Waals surface area contributed by atoms with Crippen LogP contribution in [0.15, 0.2) is 35.4 Å². The van der Waals surface area contributed by atoms with E-state index < -0.39 is 11.9 Å². The number of nitrogens with two attached hydrogens (primary N) is 1. The maximum absolute atomic E-state index is 12.7. The molecular weight excluding hydrogens is 296 g/mol. The van der Waals surface area contributed by atoms with Gasteiger partial charge in [-0.15, -0.1) is 0 Å².